The third-order valence-electron chi connectivity index (χ3n) is 7.35. The van der Waals surface area contributed by atoms with Crippen molar-refractivity contribution >= 4 is 23.5 Å². The molecular weight excluding hydrogens is 572 g/mol. The van der Waals surface area contributed by atoms with Crippen LogP contribution in [0.1, 0.15) is 58.2 Å². The lowest BCUT2D eigenvalue weighted by Crippen LogP contribution is -2.32. The van der Waals surface area contributed by atoms with Gasteiger partial charge in [-0.05, 0) is 73.2 Å². The van der Waals surface area contributed by atoms with E-state index in [-0.39, 0.29) is 47.9 Å². The Kier molecular flexibility index (Phi) is 11.1. The van der Waals surface area contributed by atoms with Gasteiger partial charge in [0.1, 0.15) is 23.0 Å². The number of nitrogens with one attached hydrogen (secondary N) is 3. The van der Waals surface area contributed by atoms with Crippen molar-refractivity contribution in [1.29, 1.82) is 0 Å². The first-order chi connectivity index (χ1) is 21.7. The fourth-order valence-corrected chi connectivity index (χ4v) is 4.92. The summed E-state index contributed by atoms with van der Waals surface area (Å²) in [6, 6.07) is 14.9. The second-order valence-electron chi connectivity index (χ2n) is 10.6. The molecule has 234 valence electrons. The average molecular weight is 611 g/mol. The Morgan fingerprint density at radius 2 is 1.44 bits per heavy atom. The number of amides is 3. The largest absolute Gasteiger partial charge is 0.508 e. The Balaban J connectivity index is 1.21. The minimum Gasteiger partial charge on any atom is -0.508 e. The summed E-state index contributed by atoms with van der Waals surface area (Å²) in [7, 11) is 0. The predicted octanol–water partition coefficient (Wildman–Crippen LogP) is 4.12. The molecule has 0 saturated carbocycles. The van der Waals surface area contributed by atoms with Gasteiger partial charge in [-0.15, -0.1) is 0 Å². The van der Waals surface area contributed by atoms with Crippen LogP contribution in [-0.2, 0) is 11.2 Å². The molecule has 0 aliphatic rings. The molecule has 11 heteroatoms. The standard InChI is InChI=1S/C34H38N6O5/c1-3-26-28(20-40-32(35)31(26)22-7-11-24(41)12-8-22)23-9-13-29(39-19-23)34(45)38-17-14-30(43)36-15-4-5-16-37-33(44)27-18-25(42)10-6-21(27)2/h6-13,18-20,41-42H,3-5,14-17H2,1-2H3,(H2,35,40)(H,36,43)(H,37,44)(H,38,45). The van der Waals surface area contributed by atoms with Crippen LogP contribution in [0.25, 0.3) is 22.3 Å². The van der Waals surface area contributed by atoms with Gasteiger partial charge >= 0.3 is 0 Å². The number of benzene rings is 2. The quantitative estimate of drug-likeness (QED) is 0.122. The maximum atomic E-state index is 12.6. The summed E-state index contributed by atoms with van der Waals surface area (Å²) in [5.41, 5.74) is 11.9. The van der Waals surface area contributed by atoms with Gasteiger partial charge in [0, 0.05) is 60.7 Å². The lowest BCUT2D eigenvalue weighted by atomic mass is 9.92. The third-order valence-corrected chi connectivity index (χ3v) is 7.35. The van der Waals surface area contributed by atoms with Crippen LogP contribution in [0.3, 0.4) is 0 Å². The van der Waals surface area contributed by atoms with E-state index in [9.17, 15) is 24.6 Å². The van der Waals surface area contributed by atoms with Crippen molar-refractivity contribution in [2.45, 2.75) is 39.5 Å². The smallest absolute Gasteiger partial charge is 0.269 e. The second-order valence-corrected chi connectivity index (χ2v) is 10.6. The minimum absolute atomic E-state index is 0.0402. The molecule has 0 saturated heterocycles. The highest BCUT2D eigenvalue weighted by Crippen LogP contribution is 2.36. The van der Waals surface area contributed by atoms with Crippen molar-refractivity contribution in [3.8, 4) is 33.8 Å². The first kappa shape index (κ1) is 32.5. The van der Waals surface area contributed by atoms with Gasteiger partial charge in [0.25, 0.3) is 11.8 Å². The molecule has 0 atom stereocenters. The lowest BCUT2D eigenvalue weighted by Gasteiger charge is -2.16. The van der Waals surface area contributed by atoms with E-state index in [1.807, 2.05) is 6.92 Å². The van der Waals surface area contributed by atoms with Crippen LogP contribution in [0.15, 0.2) is 67.0 Å². The number of rotatable bonds is 13. The number of phenols is 2. The molecule has 4 aromatic rings. The molecule has 7 N–H and O–H groups in total. The fourth-order valence-electron chi connectivity index (χ4n) is 4.92. The number of hydrogen-bond acceptors (Lipinski definition) is 8. The zero-order valence-electron chi connectivity index (χ0n) is 25.4. The van der Waals surface area contributed by atoms with Crippen LogP contribution in [0.4, 0.5) is 5.82 Å². The zero-order valence-corrected chi connectivity index (χ0v) is 25.4. The first-order valence-electron chi connectivity index (χ1n) is 14.8. The summed E-state index contributed by atoms with van der Waals surface area (Å²) in [5.74, 6) is -0.235. The molecule has 2 aromatic carbocycles. The van der Waals surface area contributed by atoms with E-state index in [0.29, 0.717) is 43.7 Å². The molecule has 11 nitrogen and oxygen atoms in total. The van der Waals surface area contributed by atoms with E-state index >= 15 is 0 Å². The fraction of sp³-hybridized carbons (Fsp3) is 0.265. The van der Waals surface area contributed by atoms with Gasteiger partial charge in [0.2, 0.25) is 5.91 Å². The monoisotopic (exact) mass is 610 g/mol. The summed E-state index contributed by atoms with van der Waals surface area (Å²) in [6.45, 7) is 4.88. The summed E-state index contributed by atoms with van der Waals surface area (Å²) < 4.78 is 0. The predicted molar refractivity (Wildman–Crippen MR) is 173 cm³/mol. The number of nitrogens with zero attached hydrogens (tertiary/aromatic N) is 2. The maximum absolute atomic E-state index is 12.6. The molecule has 0 unspecified atom stereocenters. The van der Waals surface area contributed by atoms with Crippen LogP contribution < -0.4 is 21.7 Å². The number of nitrogen functional groups attached to an aromatic ring is 1. The lowest BCUT2D eigenvalue weighted by molar-refractivity contribution is -0.120. The molecule has 0 fully saturated rings. The van der Waals surface area contributed by atoms with Crippen LogP contribution in [0, 0.1) is 6.92 Å². The molecule has 2 heterocycles. The number of pyridine rings is 2. The van der Waals surface area contributed by atoms with Gasteiger partial charge in [-0.3, -0.25) is 19.4 Å². The van der Waals surface area contributed by atoms with Gasteiger partial charge in [-0.2, -0.15) is 0 Å². The number of aromatic hydroxyl groups is 2. The van der Waals surface area contributed by atoms with Crippen LogP contribution in [0.2, 0.25) is 0 Å². The summed E-state index contributed by atoms with van der Waals surface area (Å²) in [5, 5.41) is 27.6. The van der Waals surface area contributed by atoms with E-state index in [4.69, 9.17) is 5.73 Å². The molecule has 3 amide bonds. The van der Waals surface area contributed by atoms with E-state index < -0.39 is 0 Å². The summed E-state index contributed by atoms with van der Waals surface area (Å²) in [6.07, 6.45) is 5.46. The average Bonchev–Trinajstić information content (AvgIpc) is 3.04. The number of anilines is 1. The van der Waals surface area contributed by atoms with Gasteiger partial charge < -0.3 is 31.9 Å². The first-order valence-corrected chi connectivity index (χ1v) is 14.8. The van der Waals surface area contributed by atoms with Gasteiger partial charge in [-0.1, -0.05) is 31.2 Å². The number of aryl methyl sites for hydroxylation is 1. The van der Waals surface area contributed by atoms with Crippen molar-refractivity contribution in [3.05, 3.63) is 89.4 Å². The molecule has 4 rings (SSSR count). The van der Waals surface area contributed by atoms with Gasteiger partial charge in [0.15, 0.2) is 0 Å². The van der Waals surface area contributed by atoms with E-state index in [0.717, 1.165) is 33.4 Å². The highest BCUT2D eigenvalue weighted by Gasteiger charge is 2.17. The van der Waals surface area contributed by atoms with Gasteiger partial charge in [-0.25, -0.2) is 4.98 Å². The number of phenolic OH excluding ortho intramolecular Hbond substituents is 2. The molecule has 0 bridgehead atoms. The highest BCUT2D eigenvalue weighted by molar-refractivity contribution is 5.96. The third kappa shape index (κ3) is 8.56. The molecule has 0 spiro atoms. The van der Waals surface area contributed by atoms with E-state index in [2.05, 4.69) is 25.9 Å². The summed E-state index contributed by atoms with van der Waals surface area (Å²) >= 11 is 0. The SMILES string of the molecule is CCc1c(-c2ccc(C(=O)NCCC(=O)NCCCCNC(=O)c3cc(O)ccc3C)nc2)cnc(N)c1-c1ccc(O)cc1. The van der Waals surface area contributed by atoms with Crippen LogP contribution >= 0.6 is 0 Å². The van der Waals surface area contributed by atoms with Gasteiger partial charge in [0.05, 0.1) is 0 Å². The highest BCUT2D eigenvalue weighted by atomic mass is 16.3. The molecular formula is C34H38N6O5. The molecule has 0 radical (unpaired) electrons. The van der Waals surface area contributed by atoms with E-state index in [1.54, 1.807) is 61.8 Å². The van der Waals surface area contributed by atoms with Crippen molar-refractivity contribution in [1.82, 2.24) is 25.9 Å². The van der Waals surface area contributed by atoms with Crippen molar-refractivity contribution in [2.24, 2.45) is 0 Å². The normalized spacial score (nSPS) is 10.7. The Bertz CT molecular complexity index is 1660. The number of carbonyl (C=O) groups excluding carboxylic acids is 3. The topological polar surface area (TPSA) is 180 Å². The Morgan fingerprint density at radius 1 is 0.778 bits per heavy atom. The number of hydrogen-bond donors (Lipinski definition) is 6. The van der Waals surface area contributed by atoms with E-state index in [1.165, 1.54) is 12.1 Å². The van der Waals surface area contributed by atoms with Crippen molar-refractivity contribution < 1.29 is 24.6 Å². The minimum atomic E-state index is -0.386. The summed E-state index contributed by atoms with van der Waals surface area (Å²) in [4.78, 5) is 45.8. The molecule has 2 aromatic heterocycles. The number of unbranched alkanes of at least 4 members (excludes halogenated alkanes) is 1. The maximum Gasteiger partial charge on any atom is 0.269 e. The second kappa shape index (κ2) is 15.3. The van der Waals surface area contributed by atoms with Crippen LogP contribution in [-0.4, -0.2) is 57.5 Å². The number of aromatic nitrogens is 2. The molecule has 45 heavy (non-hydrogen) atoms. The van der Waals surface area contributed by atoms with Crippen molar-refractivity contribution in [2.75, 3.05) is 25.4 Å². The molecule has 0 aliphatic heterocycles. The number of nitrogens with two attached hydrogens (primary N) is 1. The Morgan fingerprint density at radius 3 is 2.13 bits per heavy atom. The Hall–Kier alpha value is -5.45. The Labute approximate surface area is 261 Å². The van der Waals surface area contributed by atoms with Crippen LogP contribution in [0.5, 0.6) is 11.5 Å². The van der Waals surface area contributed by atoms with Crippen molar-refractivity contribution in [3.63, 3.8) is 0 Å². The number of carbonyl (C=O) groups is 3. The zero-order chi connectivity index (χ0) is 32.3. The molecule has 0 aliphatic carbocycles.